The maximum Gasteiger partial charge on any atom is 0.325 e. The molecule has 0 radical (unpaired) electrons. The summed E-state index contributed by atoms with van der Waals surface area (Å²) >= 11 is 5.81. The molecule has 114 valence electrons. The van der Waals surface area contributed by atoms with Gasteiger partial charge in [-0.05, 0) is 37.1 Å². The van der Waals surface area contributed by atoms with Crippen molar-refractivity contribution in [3.63, 3.8) is 0 Å². The number of carbonyl (C=O) groups is 2. The molecule has 0 unspecified atom stereocenters. The fraction of sp³-hybridized carbons (Fsp3) is 0.429. The number of carboxylic acid groups (broad SMARTS) is 1. The zero-order valence-electron chi connectivity index (χ0n) is 11.4. The monoisotopic (exact) mass is 312 g/mol. The van der Waals surface area contributed by atoms with Crippen molar-refractivity contribution in [3.8, 4) is 0 Å². The van der Waals surface area contributed by atoms with Crippen molar-refractivity contribution in [1.82, 2.24) is 4.90 Å². The van der Waals surface area contributed by atoms with Gasteiger partial charge in [-0.2, -0.15) is 0 Å². The molecule has 1 fully saturated rings. The number of aliphatic carboxylic acids is 1. The smallest absolute Gasteiger partial charge is 0.325 e. The summed E-state index contributed by atoms with van der Waals surface area (Å²) in [7, 11) is 0. The van der Waals surface area contributed by atoms with E-state index in [1.54, 1.807) is 29.2 Å². The van der Waals surface area contributed by atoms with E-state index in [1.807, 2.05) is 0 Å². The number of aliphatic hydroxyl groups is 1. The van der Waals surface area contributed by atoms with Gasteiger partial charge in [-0.1, -0.05) is 11.6 Å². The molecule has 21 heavy (non-hydrogen) atoms. The largest absolute Gasteiger partial charge is 0.480 e. The summed E-state index contributed by atoms with van der Waals surface area (Å²) in [6.07, 6.45) is 0.623. The van der Waals surface area contributed by atoms with Gasteiger partial charge in [-0.25, -0.2) is 4.79 Å². The highest BCUT2D eigenvalue weighted by atomic mass is 35.5. The van der Waals surface area contributed by atoms with Crippen LogP contribution in [0.5, 0.6) is 0 Å². The molecule has 6 nitrogen and oxygen atoms in total. The lowest BCUT2D eigenvalue weighted by Crippen LogP contribution is -2.49. The first-order valence-electron chi connectivity index (χ1n) is 6.69. The van der Waals surface area contributed by atoms with Crippen molar-refractivity contribution in [2.24, 2.45) is 0 Å². The quantitative estimate of drug-likeness (QED) is 0.892. The van der Waals surface area contributed by atoms with E-state index in [4.69, 9.17) is 16.7 Å². The number of benzene rings is 1. The van der Waals surface area contributed by atoms with Gasteiger partial charge in [-0.3, -0.25) is 9.69 Å². The van der Waals surface area contributed by atoms with Gasteiger partial charge in [0.15, 0.2) is 0 Å². The van der Waals surface area contributed by atoms with E-state index in [-0.39, 0.29) is 6.03 Å². The summed E-state index contributed by atoms with van der Waals surface area (Å²) in [6, 6.07) is 6.08. The Hall–Kier alpha value is -1.79. The third-order valence-corrected chi connectivity index (χ3v) is 3.65. The molecule has 1 aromatic carbocycles. The molecular formula is C14H17ClN2O4. The average molecular weight is 313 g/mol. The van der Waals surface area contributed by atoms with Crippen LogP contribution in [0, 0.1) is 0 Å². The molecule has 1 aromatic rings. The lowest BCUT2D eigenvalue weighted by molar-refractivity contribution is -0.135. The average Bonchev–Trinajstić information content (AvgIpc) is 2.46. The minimum absolute atomic E-state index is 0.369. The summed E-state index contributed by atoms with van der Waals surface area (Å²) in [5.41, 5.74) is 0.484. The lowest BCUT2D eigenvalue weighted by Gasteiger charge is -2.34. The Balaban J connectivity index is 2.17. The number of nitrogens with zero attached hydrogens (tertiary/aromatic N) is 2. The Bertz CT molecular complexity index is 512. The Kier molecular flexibility index (Phi) is 5.03. The number of likely N-dealkylation sites (tertiary alicyclic amines) is 1. The van der Waals surface area contributed by atoms with Crippen molar-refractivity contribution in [2.45, 2.75) is 18.9 Å². The van der Waals surface area contributed by atoms with E-state index in [0.29, 0.717) is 36.6 Å². The van der Waals surface area contributed by atoms with Gasteiger partial charge in [0.25, 0.3) is 0 Å². The van der Waals surface area contributed by atoms with E-state index in [1.165, 1.54) is 4.90 Å². The highest BCUT2D eigenvalue weighted by molar-refractivity contribution is 6.30. The molecule has 0 spiro atoms. The maximum absolute atomic E-state index is 12.5. The lowest BCUT2D eigenvalue weighted by atomic mass is 10.1. The van der Waals surface area contributed by atoms with Crippen molar-refractivity contribution in [3.05, 3.63) is 29.3 Å². The number of urea groups is 1. The number of hydrogen-bond donors (Lipinski definition) is 2. The van der Waals surface area contributed by atoms with Gasteiger partial charge in [-0.15, -0.1) is 0 Å². The predicted octanol–water partition coefficient (Wildman–Crippen LogP) is 1.81. The van der Waals surface area contributed by atoms with Crippen LogP contribution in [0.1, 0.15) is 12.8 Å². The fourth-order valence-corrected chi connectivity index (χ4v) is 2.38. The van der Waals surface area contributed by atoms with Gasteiger partial charge < -0.3 is 15.1 Å². The molecule has 1 saturated heterocycles. The minimum Gasteiger partial charge on any atom is -0.480 e. The van der Waals surface area contributed by atoms with Gasteiger partial charge in [0.05, 0.1) is 6.10 Å². The second-order valence-electron chi connectivity index (χ2n) is 4.96. The number of amides is 2. The SMILES string of the molecule is O=C(O)CN(C(=O)N1CCC(O)CC1)c1ccc(Cl)cc1. The maximum atomic E-state index is 12.5. The standard InChI is InChI=1S/C14H17ClN2O4/c15-10-1-3-11(4-2-10)17(9-13(19)20)14(21)16-7-5-12(18)6-8-16/h1-4,12,18H,5-9H2,(H,19,20). The summed E-state index contributed by atoms with van der Waals surface area (Å²) in [5, 5.41) is 19.0. The molecule has 1 aliphatic heterocycles. The van der Waals surface area contributed by atoms with Crippen molar-refractivity contribution < 1.29 is 19.8 Å². The van der Waals surface area contributed by atoms with Gasteiger partial charge in [0.1, 0.15) is 6.54 Å². The summed E-state index contributed by atoms with van der Waals surface area (Å²) in [4.78, 5) is 26.3. The summed E-state index contributed by atoms with van der Waals surface area (Å²) < 4.78 is 0. The number of rotatable bonds is 3. The van der Waals surface area contributed by atoms with Gasteiger partial charge in [0, 0.05) is 23.8 Å². The van der Waals surface area contributed by atoms with Crippen LogP contribution in [0.4, 0.5) is 10.5 Å². The molecule has 2 N–H and O–H groups in total. The molecule has 0 aliphatic carbocycles. The van der Waals surface area contributed by atoms with Crippen molar-refractivity contribution in [1.29, 1.82) is 0 Å². The molecular weight excluding hydrogens is 296 g/mol. The van der Waals surface area contributed by atoms with Crippen LogP contribution in [-0.4, -0.2) is 52.9 Å². The first-order chi connectivity index (χ1) is 9.97. The number of anilines is 1. The normalized spacial score (nSPS) is 15.8. The first-order valence-corrected chi connectivity index (χ1v) is 7.07. The van der Waals surface area contributed by atoms with Crippen LogP contribution in [0.15, 0.2) is 24.3 Å². The van der Waals surface area contributed by atoms with Gasteiger partial charge >= 0.3 is 12.0 Å². The molecule has 1 aliphatic rings. The van der Waals surface area contributed by atoms with E-state index >= 15 is 0 Å². The minimum atomic E-state index is -1.09. The zero-order valence-corrected chi connectivity index (χ0v) is 12.2. The predicted molar refractivity (Wildman–Crippen MR) is 78.6 cm³/mol. The molecule has 7 heteroatoms. The van der Waals surface area contributed by atoms with E-state index in [2.05, 4.69) is 0 Å². The zero-order chi connectivity index (χ0) is 15.4. The number of halogens is 1. The Morgan fingerprint density at radius 2 is 1.81 bits per heavy atom. The van der Waals surface area contributed by atoms with Crippen LogP contribution in [0.2, 0.25) is 5.02 Å². The topological polar surface area (TPSA) is 81.1 Å². The third-order valence-electron chi connectivity index (χ3n) is 3.40. The highest BCUT2D eigenvalue weighted by Crippen LogP contribution is 2.21. The number of piperidine rings is 1. The number of hydrogen-bond acceptors (Lipinski definition) is 3. The molecule has 1 heterocycles. The summed E-state index contributed by atoms with van der Waals surface area (Å²) in [5.74, 6) is -1.09. The van der Waals surface area contributed by atoms with Crippen LogP contribution in [-0.2, 0) is 4.79 Å². The Morgan fingerprint density at radius 3 is 2.33 bits per heavy atom. The van der Waals surface area contributed by atoms with Crippen molar-refractivity contribution >= 4 is 29.3 Å². The molecule has 0 saturated carbocycles. The number of carbonyl (C=O) groups excluding carboxylic acids is 1. The van der Waals surface area contributed by atoms with Crippen LogP contribution in [0.3, 0.4) is 0 Å². The molecule has 0 atom stereocenters. The Morgan fingerprint density at radius 1 is 1.24 bits per heavy atom. The molecule has 0 bridgehead atoms. The molecule has 2 rings (SSSR count). The van der Waals surface area contributed by atoms with E-state index < -0.39 is 18.6 Å². The first kappa shape index (κ1) is 15.6. The Labute approximate surface area is 127 Å². The number of carboxylic acids is 1. The van der Waals surface area contributed by atoms with Crippen LogP contribution < -0.4 is 4.90 Å². The fourth-order valence-electron chi connectivity index (χ4n) is 2.25. The third kappa shape index (κ3) is 4.09. The highest BCUT2D eigenvalue weighted by Gasteiger charge is 2.27. The van der Waals surface area contributed by atoms with Crippen LogP contribution >= 0.6 is 11.6 Å². The summed E-state index contributed by atoms with van der Waals surface area (Å²) in [6.45, 7) is 0.424. The van der Waals surface area contributed by atoms with E-state index in [0.717, 1.165) is 0 Å². The molecule has 0 aromatic heterocycles. The van der Waals surface area contributed by atoms with Crippen molar-refractivity contribution in [2.75, 3.05) is 24.5 Å². The second kappa shape index (κ2) is 6.78. The second-order valence-corrected chi connectivity index (χ2v) is 5.39. The number of aliphatic hydroxyl groups excluding tert-OH is 1. The van der Waals surface area contributed by atoms with E-state index in [9.17, 15) is 14.7 Å². The van der Waals surface area contributed by atoms with Crippen LogP contribution in [0.25, 0.3) is 0 Å². The molecule has 2 amide bonds. The van der Waals surface area contributed by atoms with Gasteiger partial charge in [0.2, 0.25) is 0 Å².